The van der Waals surface area contributed by atoms with E-state index in [2.05, 4.69) is 0 Å². The third kappa shape index (κ3) is 4.20. The maximum absolute atomic E-state index is 13.0. The van der Waals surface area contributed by atoms with E-state index in [1.807, 2.05) is 6.92 Å². The minimum atomic E-state index is -0.926. The van der Waals surface area contributed by atoms with E-state index in [-0.39, 0.29) is 23.4 Å². The number of carbonyl (C=O) groups is 2. The van der Waals surface area contributed by atoms with Gasteiger partial charge in [-0.25, -0.2) is 0 Å². The highest BCUT2D eigenvalue weighted by atomic mass is 16.6. The Morgan fingerprint density at radius 3 is 2.55 bits per heavy atom. The first-order chi connectivity index (χ1) is 15.9. The van der Waals surface area contributed by atoms with Crippen LogP contribution in [0.5, 0.6) is 5.75 Å². The molecule has 0 aliphatic carbocycles. The Hall–Kier alpha value is -4.40. The lowest BCUT2D eigenvalue weighted by Crippen LogP contribution is -2.29. The van der Waals surface area contributed by atoms with Gasteiger partial charge in [-0.15, -0.1) is 0 Å². The number of likely N-dealkylation sites (tertiary alicyclic amines) is 1. The number of nitro groups is 1. The van der Waals surface area contributed by atoms with Gasteiger partial charge in [0.25, 0.3) is 17.4 Å². The van der Waals surface area contributed by atoms with Gasteiger partial charge < -0.3 is 19.2 Å². The van der Waals surface area contributed by atoms with Crippen molar-refractivity contribution in [2.75, 3.05) is 6.61 Å². The van der Waals surface area contributed by atoms with Gasteiger partial charge in [-0.1, -0.05) is 24.3 Å². The second kappa shape index (κ2) is 8.99. The number of hydrogen-bond acceptors (Lipinski definition) is 7. The van der Waals surface area contributed by atoms with Crippen molar-refractivity contribution in [1.82, 2.24) is 4.90 Å². The summed E-state index contributed by atoms with van der Waals surface area (Å²) in [6.45, 7) is 2.33. The van der Waals surface area contributed by atoms with Crippen LogP contribution in [-0.2, 0) is 16.1 Å². The zero-order valence-corrected chi connectivity index (χ0v) is 17.6. The average Bonchev–Trinajstić information content (AvgIpc) is 3.42. The minimum absolute atomic E-state index is 0.00116. The van der Waals surface area contributed by atoms with Crippen LogP contribution in [0, 0.1) is 10.1 Å². The number of carbonyl (C=O) groups excluding carboxylic acids is 2. The van der Waals surface area contributed by atoms with Crippen LogP contribution in [-0.4, -0.2) is 33.2 Å². The summed E-state index contributed by atoms with van der Waals surface area (Å²) in [5.41, 5.74) is 0.227. The van der Waals surface area contributed by atoms with Gasteiger partial charge in [-0.05, 0) is 36.8 Å². The number of hydrogen-bond donors (Lipinski definition) is 1. The summed E-state index contributed by atoms with van der Waals surface area (Å²) in [5, 5.41) is 22.2. The van der Waals surface area contributed by atoms with Gasteiger partial charge in [0.05, 0.1) is 36.0 Å². The molecule has 0 saturated carbocycles. The van der Waals surface area contributed by atoms with Crippen molar-refractivity contribution >= 4 is 23.1 Å². The van der Waals surface area contributed by atoms with Crippen molar-refractivity contribution in [3.63, 3.8) is 0 Å². The first-order valence-corrected chi connectivity index (χ1v) is 10.2. The number of non-ortho nitro benzene ring substituents is 1. The van der Waals surface area contributed by atoms with Crippen molar-refractivity contribution in [3.8, 4) is 5.75 Å². The third-order valence-corrected chi connectivity index (χ3v) is 5.28. The molecule has 9 nitrogen and oxygen atoms in total. The fourth-order valence-electron chi connectivity index (χ4n) is 3.80. The van der Waals surface area contributed by atoms with Crippen LogP contribution in [0.3, 0.4) is 0 Å². The molecule has 0 radical (unpaired) electrons. The highest BCUT2D eigenvalue weighted by molar-refractivity contribution is 6.46. The van der Waals surface area contributed by atoms with Crippen molar-refractivity contribution in [2.45, 2.75) is 19.5 Å². The van der Waals surface area contributed by atoms with Gasteiger partial charge in [0.15, 0.2) is 0 Å². The number of aliphatic hydroxyl groups excluding tert-OH is 1. The molecule has 1 saturated heterocycles. The number of benzene rings is 2. The fraction of sp³-hybridized carbons (Fsp3) is 0.167. The number of nitro benzene ring substituents is 1. The highest BCUT2D eigenvalue weighted by Gasteiger charge is 2.46. The highest BCUT2D eigenvalue weighted by Crippen LogP contribution is 2.41. The van der Waals surface area contributed by atoms with E-state index >= 15 is 0 Å². The summed E-state index contributed by atoms with van der Waals surface area (Å²) in [6, 6.07) is 14.5. The smallest absolute Gasteiger partial charge is 0.296 e. The maximum Gasteiger partial charge on any atom is 0.296 e. The van der Waals surface area contributed by atoms with E-state index in [1.165, 1.54) is 29.4 Å². The number of ketones is 1. The molecular formula is C24H20N2O7. The molecule has 2 aromatic carbocycles. The zero-order chi connectivity index (χ0) is 23.5. The first-order valence-electron chi connectivity index (χ1n) is 10.2. The van der Waals surface area contributed by atoms with Gasteiger partial charge in [0.1, 0.15) is 17.3 Å². The molecule has 3 aromatic rings. The van der Waals surface area contributed by atoms with Gasteiger partial charge in [0, 0.05) is 17.7 Å². The van der Waals surface area contributed by atoms with E-state index in [0.717, 1.165) is 6.07 Å². The van der Waals surface area contributed by atoms with Crippen LogP contribution < -0.4 is 4.74 Å². The lowest BCUT2D eigenvalue weighted by Gasteiger charge is -2.24. The molecule has 4 rings (SSSR count). The largest absolute Gasteiger partial charge is 0.507 e. The number of furan rings is 1. The van der Waals surface area contributed by atoms with Crippen LogP contribution in [0.1, 0.15) is 29.9 Å². The van der Waals surface area contributed by atoms with Crippen molar-refractivity contribution in [1.29, 1.82) is 0 Å². The monoisotopic (exact) mass is 448 g/mol. The second-order valence-electron chi connectivity index (χ2n) is 7.32. The Morgan fingerprint density at radius 1 is 1.15 bits per heavy atom. The van der Waals surface area contributed by atoms with E-state index in [9.17, 15) is 24.8 Å². The quantitative estimate of drug-likeness (QED) is 0.189. The van der Waals surface area contributed by atoms with E-state index in [1.54, 1.807) is 36.4 Å². The molecular weight excluding hydrogens is 428 g/mol. The summed E-state index contributed by atoms with van der Waals surface area (Å²) >= 11 is 0. The van der Waals surface area contributed by atoms with Crippen molar-refractivity contribution < 1.29 is 28.8 Å². The van der Waals surface area contributed by atoms with E-state index in [0.29, 0.717) is 23.7 Å². The predicted octanol–water partition coefficient (Wildman–Crippen LogP) is 4.21. The maximum atomic E-state index is 13.0. The molecule has 33 heavy (non-hydrogen) atoms. The Labute approximate surface area is 188 Å². The zero-order valence-electron chi connectivity index (χ0n) is 17.6. The molecule has 1 amide bonds. The first kappa shape index (κ1) is 21.8. The Kier molecular flexibility index (Phi) is 5.95. The van der Waals surface area contributed by atoms with Crippen molar-refractivity contribution in [3.05, 3.63) is 99.5 Å². The van der Waals surface area contributed by atoms with E-state index in [4.69, 9.17) is 9.15 Å². The minimum Gasteiger partial charge on any atom is -0.507 e. The van der Waals surface area contributed by atoms with Crippen LogP contribution in [0.4, 0.5) is 5.69 Å². The SMILES string of the molecule is CCOc1ccc([C@@H]2C(=C(O)c3cccc([N+](=O)[O-])c3)C(=O)C(=O)N2Cc2ccco2)cc1. The fourth-order valence-corrected chi connectivity index (χ4v) is 3.80. The number of ether oxygens (including phenoxy) is 1. The average molecular weight is 448 g/mol. The third-order valence-electron chi connectivity index (χ3n) is 5.28. The molecule has 9 heteroatoms. The Morgan fingerprint density at radius 2 is 1.91 bits per heavy atom. The lowest BCUT2D eigenvalue weighted by molar-refractivity contribution is -0.384. The van der Waals surface area contributed by atoms with Crippen LogP contribution >= 0.6 is 0 Å². The summed E-state index contributed by atoms with van der Waals surface area (Å²) < 4.78 is 10.8. The standard InChI is InChI=1S/C24H20N2O7/c1-2-32-18-10-8-15(9-11-18)21-20(22(27)16-5-3-6-17(13-16)26(30)31)23(28)24(29)25(21)14-19-7-4-12-33-19/h3-13,21,27H,2,14H2,1H3/t21-/m1/s1. The molecule has 1 aliphatic heterocycles. The normalized spacial score (nSPS) is 17.4. The van der Waals surface area contributed by atoms with Gasteiger partial charge in [0.2, 0.25) is 0 Å². The van der Waals surface area contributed by atoms with Crippen LogP contribution in [0.25, 0.3) is 5.76 Å². The number of Topliss-reactive ketones (excluding diaryl/α,β-unsaturated/α-hetero) is 1. The number of rotatable bonds is 7. The summed E-state index contributed by atoms with van der Waals surface area (Å²) in [7, 11) is 0. The van der Waals surface area contributed by atoms with Gasteiger partial charge >= 0.3 is 0 Å². The Balaban J connectivity index is 1.85. The summed E-state index contributed by atoms with van der Waals surface area (Å²) in [4.78, 5) is 37.9. The van der Waals surface area contributed by atoms with Crippen LogP contribution in [0.15, 0.2) is 76.9 Å². The second-order valence-corrected chi connectivity index (χ2v) is 7.32. The summed E-state index contributed by atoms with van der Waals surface area (Å²) in [5.74, 6) is -1.11. The molecule has 0 unspecified atom stereocenters. The molecule has 1 atom stereocenters. The molecule has 168 valence electrons. The predicted molar refractivity (Wildman–Crippen MR) is 117 cm³/mol. The topological polar surface area (TPSA) is 123 Å². The lowest BCUT2D eigenvalue weighted by atomic mass is 9.95. The molecule has 1 aliphatic rings. The molecule has 1 aromatic heterocycles. The van der Waals surface area contributed by atoms with Gasteiger partial charge in [-0.2, -0.15) is 0 Å². The number of aliphatic hydroxyl groups is 1. The molecule has 0 spiro atoms. The van der Waals surface area contributed by atoms with E-state index < -0.39 is 28.4 Å². The van der Waals surface area contributed by atoms with Crippen LogP contribution in [0.2, 0.25) is 0 Å². The molecule has 1 N–H and O–H groups in total. The number of amides is 1. The molecule has 2 heterocycles. The number of nitrogens with zero attached hydrogens (tertiary/aromatic N) is 2. The summed E-state index contributed by atoms with van der Waals surface area (Å²) in [6.07, 6.45) is 1.46. The van der Waals surface area contributed by atoms with Crippen molar-refractivity contribution in [2.24, 2.45) is 0 Å². The van der Waals surface area contributed by atoms with Gasteiger partial charge in [-0.3, -0.25) is 19.7 Å². The molecule has 0 bridgehead atoms. The Bertz CT molecular complexity index is 1230. The molecule has 1 fully saturated rings.